The summed E-state index contributed by atoms with van der Waals surface area (Å²) in [6.45, 7) is 0.0516. The van der Waals surface area contributed by atoms with Crippen molar-refractivity contribution in [2.45, 2.75) is 0 Å². The van der Waals surface area contributed by atoms with Gasteiger partial charge in [-0.3, -0.25) is 4.79 Å². The van der Waals surface area contributed by atoms with Crippen molar-refractivity contribution in [3.05, 3.63) is 45.1 Å². The zero-order valence-electron chi connectivity index (χ0n) is 10.7. The van der Waals surface area contributed by atoms with E-state index >= 15 is 0 Å². The molecule has 1 aromatic heterocycles. The van der Waals surface area contributed by atoms with Gasteiger partial charge in [-0.2, -0.15) is 0 Å². The number of halogens is 1. The average molecular weight is 340 g/mol. The second-order valence-corrected chi connectivity index (χ2v) is 5.97. The third-order valence-corrected chi connectivity index (χ3v) is 4.45. The predicted molar refractivity (Wildman–Crippen MR) is 82.6 cm³/mol. The molecule has 0 amide bonds. The minimum atomic E-state index is -0.0165. The van der Waals surface area contributed by atoms with Gasteiger partial charge in [0.2, 0.25) is 5.78 Å². The highest BCUT2D eigenvalue weighted by Crippen LogP contribution is 2.24. The lowest BCUT2D eigenvalue weighted by Crippen LogP contribution is -2.12. The first-order valence-corrected chi connectivity index (χ1v) is 7.41. The molecular formula is C14H14BrNO2S. The number of carbonyl (C=O) groups excluding carboxylic acids is 1. The van der Waals surface area contributed by atoms with Gasteiger partial charge in [0.15, 0.2) is 6.61 Å². The fourth-order valence-corrected chi connectivity index (χ4v) is 3.08. The second kappa shape index (κ2) is 6.21. The minimum Gasteiger partial charge on any atom is -0.485 e. The van der Waals surface area contributed by atoms with Gasteiger partial charge in [0.05, 0.1) is 4.88 Å². The van der Waals surface area contributed by atoms with Crippen molar-refractivity contribution in [2.24, 2.45) is 0 Å². The van der Waals surface area contributed by atoms with Crippen molar-refractivity contribution in [2.75, 3.05) is 25.6 Å². The second-order valence-electron chi connectivity index (χ2n) is 4.20. The topological polar surface area (TPSA) is 29.5 Å². The third kappa shape index (κ3) is 3.58. The molecule has 0 saturated carbocycles. The highest BCUT2D eigenvalue weighted by Gasteiger charge is 2.12. The summed E-state index contributed by atoms with van der Waals surface area (Å²) in [6, 6.07) is 9.53. The number of hydrogen-bond acceptors (Lipinski definition) is 4. The Morgan fingerprint density at radius 2 is 2.16 bits per heavy atom. The molecule has 0 aliphatic carbocycles. The van der Waals surface area contributed by atoms with Crippen molar-refractivity contribution in [1.29, 1.82) is 0 Å². The van der Waals surface area contributed by atoms with E-state index in [1.165, 1.54) is 11.3 Å². The maximum Gasteiger partial charge on any atom is 0.211 e. The van der Waals surface area contributed by atoms with Crippen molar-refractivity contribution >= 4 is 38.7 Å². The molecule has 0 fully saturated rings. The predicted octanol–water partition coefficient (Wildman–Crippen LogP) is 3.84. The largest absolute Gasteiger partial charge is 0.485 e. The Bertz CT molecular complexity index is 580. The van der Waals surface area contributed by atoms with Gasteiger partial charge in [-0.1, -0.05) is 6.07 Å². The molecule has 1 heterocycles. The zero-order chi connectivity index (χ0) is 13.8. The van der Waals surface area contributed by atoms with Gasteiger partial charge >= 0.3 is 0 Å². The van der Waals surface area contributed by atoms with E-state index in [1.54, 1.807) is 0 Å². The average Bonchev–Trinajstić information content (AvgIpc) is 2.82. The fourth-order valence-electron chi connectivity index (χ4n) is 1.56. The molecule has 0 radical (unpaired) electrons. The first kappa shape index (κ1) is 14.1. The van der Waals surface area contributed by atoms with Gasteiger partial charge < -0.3 is 9.64 Å². The number of thiophene rings is 1. The Kier molecular flexibility index (Phi) is 4.61. The number of benzene rings is 1. The van der Waals surface area contributed by atoms with Gasteiger partial charge in [-0.25, -0.2) is 0 Å². The molecule has 0 spiro atoms. The van der Waals surface area contributed by atoms with E-state index in [0.717, 1.165) is 10.2 Å². The molecule has 0 aliphatic heterocycles. The summed E-state index contributed by atoms with van der Waals surface area (Å²) >= 11 is 4.77. The molecule has 0 N–H and O–H groups in total. The summed E-state index contributed by atoms with van der Waals surface area (Å²) in [5, 5.41) is 1.88. The first-order valence-electron chi connectivity index (χ1n) is 5.74. The van der Waals surface area contributed by atoms with E-state index in [-0.39, 0.29) is 12.4 Å². The number of carbonyl (C=O) groups is 1. The molecule has 0 saturated heterocycles. The number of hydrogen-bond donors (Lipinski definition) is 0. The van der Waals surface area contributed by atoms with Crippen LogP contribution in [0.2, 0.25) is 0 Å². The fraction of sp³-hybridized carbons (Fsp3) is 0.214. The normalized spacial score (nSPS) is 10.3. The molecule has 0 atom stereocenters. The van der Waals surface area contributed by atoms with Crippen LogP contribution >= 0.6 is 27.3 Å². The van der Waals surface area contributed by atoms with Gasteiger partial charge in [-0.05, 0) is 39.5 Å². The van der Waals surface area contributed by atoms with E-state index in [9.17, 15) is 4.79 Å². The molecule has 0 unspecified atom stereocenters. The highest BCUT2D eigenvalue weighted by molar-refractivity contribution is 9.10. The molecule has 2 aromatic rings. The van der Waals surface area contributed by atoms with Gasteiger partial charge in [-0.15, -0.1) is 11.3 Å². The molecule has 1 aromatic carbocycles. The van der Waals surface area contributed by atoms with Gasteiger partial charge in [0.1, 0.15) is 5.75 Å². The quantitative estimate of drug-likeness (QED) is 0.775. The van der Waals surface area contributed by atoms with Crippen LogP contribution < -0.4 is 9.64 Å². The number of Topliss-reactive ketones (excluding diaryl/α,β-unsaturated/α-hetero) is 1. The lowest BCUT2D eigenvalue weighted by Gasteiger charge is -2.13. The number of rotatable bonds is 5. The maximum absolute atomic E-state index is 12.0. The summed E-state index contributed by atoms with van der Waals surface area (Å²) in [6.07, 6.45) is 0. The Morgan fingerprint density at radius 1 is 1.37 bits per heavy atom. The van der Waals surface area contributed by atoms with E-state index in [2.05, 4.69) is 15.9 Å². The van der Waals surface area contributed by atoms with E-state index in [0.29, 0.717) is 10.6 Å². The van der Waals surface area contributed by atoms with Crippen molar-refractivity contribution < 1.29 is 9.53 Å². The molecule has 3 nitrogen and oxygen atoms in total. The molecule has 100 valence electrons. The number of ether oxygens (including phenoxy) is 1. The Hall–Kier alpha value is -1.33. The number of ketones is 1. The van der Waals surface area contributed by atoms with Gasteiger partial charge in [0, 0.05) is 30.3 Å². The summed E-state index contributed by atoms with van der Waals surface area (Å²) in [4.78, 5) is 14.7. The molecule has 19 heavy (non-hydrogen) atoms. The van der Waals surface area contributed by atoms with Crippen LogP contribution in [0.25, 0.3) is 0 Å². The van der Waals surface area contributed by atoms with Crippen LogP contribution in [0.3, 0.4) is 0 Å². The van der Waals surface area contributed by atoms with E-state index in [4.69, 9.17) is 4.74 Å². The summed E-state index contributed by atoms with van der Waals surface area (Å²) < 4.78 is 6.37. The zero-order valence-corrected chi connectivity index (χ0v) is 13.1. The lowest BCUT2D eigenvalue weighted by molar-refractivity contribution is 0.0925. The Labute approximate surface area is 124 Å². The Morgan fingerprint density at radius 3 is 2.79 bits per heavy atom. The lowest BCUT2D eigenvalue weighted by atomic mass is 10.3. The van der Waals surface area contributed by atoms with Gasteiger partial charge in [0.25, 0.3) is 0 Å². The van der Waals surface area contributed by atoms with Crippen LogP contribution in [-0.4, -0.2) is 26.5 Å². The monoisotopic (exact) mass is 339 g/mol. The molecule has 0 bridgehead atoms. The molecule has 2 rings (SSSR count). The summed E-state index contributed by atoms with van der Waals surface area (Å²) in [5.74, 6) is 0.685. The molecule has 5 heteroatoms. The van der Waals surface area contributed by atoms with Crippen LogP contribution in [0.4, 0.5) is 5.69 Å². The van der Waals surface area contributed by atoms with Crippen molar-refractivity contribution in [3.8, 4) is 5.75 Å². The van der Waals surface area contributed by atoms with Crippen LogP contribution in [-0.2, 0) is 0 Å². The number of anilines is 1. The third-order valence-electron chi connectivity index (χ3n) is 2.57. The standard InChI is InChI=1S/C14H14BrNO2S/c1-16(2)10-4-3-5-11(8-10)18-9-13(17)14-12(15)6-7-19-14/h3-8H,9H2,1-2H3. The molecule has 0 aliphatic rings. The van der Waals surface area contributed by atoms with Crippen LogP contribution in [0.5, 0.6) is 5.75 Å². The van der Waals surface area contributed by atoms with Crippen LogP contribution in [0.1, 0.15) is 9.67 Å². The van der Waals surface area contributed by atoms with Crippen LogP contribution in [0.15, 0.2) is 40.2 Å². The first-order chi connectivity index (χ1) is 9.08. The van der Waals surface area contributed by atoms with Crippen molar-refractivity contribution in [3.63, 3.8) is 0 Å². The molecular weight excluding hydrogens is 326 g/mol. The maximum atomic E-state index is 12.0. The summed E-state index contributed by atoms with van der Waals surface area (Å²) in [5.41, 5.74) is 1.04. The smallest absolute Gasteiger partial charge is 0.211 e. The number of nitrogens with zero attached hydrogens (tertiary/aromatic N) is 1. The minimum absolute atomic E-state index is 0.0165. The van der Waals surface area contributed by atoms with Crippen LogP contribution in [0, 0.1) is 0 Å². The van der Waals surface area contributed by atoms with E-state index < -0.39 is 0 Å². The van der Waals surface area contributed by atoms with Crippen molar-refractivity contribution in [1.82, 2.24) is 0 Å². The summed E-state index contributed by atoms with van der Waals surface area (Å²) in [7, 11) is 3.93. The SMILES string of the molecule is CN(C)c1cccc(OCC(=O)c2sccc2Br)c1. The Balaban J connectivity index is 2.01. The highest BCUT2D eigenvalue weighted by atomic mass is 79.9. The van der Waals surface area contributed by atoms with E-state index in [1.807, 2.05) is 54.7 Å².